The van der Waals surface area contributed by atoms with Crippen molar-refractivity contribution < 1.29 is 13.2 Å². The minimum absolute atomic E-state index is 0.278. The molecule has 0 unspecified atom stereocenters. The fraction of sp³-hybridized carbons (Fsp3) is 0.0556. The number of oxazole rings is 1. The Bertz CT molecular complexity index is 802. The summed E-state index contributed by atoms with van der Waals surface area (Å²) in [5.41, 5.74) is 2.27. The summed E-state index contributed by atoms with van der Waals surface area (Å²) < 4.78 is 31.5. The zero-order valence-corrected chi connectivity index (χ0v) is 11.9. The fourth-order valence-corrected chi connectivity index (χ4v) is 2.12. The second-order valence-electron chi connectivity index (χ2n) is 4.84. The molecule has 0 aliphatic carbocycles. The van der Waals surface area contributed by atoms with E-state index >= 15 is 0 Å². The van der Waals surface area contributed by atoms with Crippen molar-refractivity contribution in [2.45, 2.75) is 6.92 Å². The van der Waals surface area contributed by atoms with E-state index in [1.54, 1.807) is 37.3 Å². The van der Waals surface area contributed by atoms with E-state index < -0.39 is 0 Å². The lowest BCUT2D eigenvalue weighted by atomic mass is 10.1. The van der Waals surface area contributed by atoms with Gasteiger partial charge in [-0.3, -0.25) is 0 Å². The van der Waals surface area contributed by atoms with E-state index in [-0.39, 0.29) is 11.6 Å². The summed E-state index contributed by atoms with van der Waals surface area (Å²) in [4.78, 5) is 4.34. The molecule has 2 aromatic carbocycles. The Balaban J connectivity index is 1.94. The number of halogens is 2. The van der Waals surface area contributed by atoms with Gasteiger partial charge in [0.2, 0.25) is 0 Å². The van der Waals surface area contributed by atoms with Crippen molar-refractivity contribution in [2.24, 2.45) is 0 Å². The van der Waals surface area contributed by atoms with Crippen LogP contribution in [0.25, 0.3) is 23.4 Å². The summed E-state index contributed by atoms with van der Waals surface area (Å²) in [5.74, 6) is 0.526. The number of benzene rings is 2. The summed E-state index contributed by atoms with van der Waals surface area (Å²) in [6.07, 6.45) is 3.58. The van der Waals surface area contributed by atoms with Gasteiger partial charge < -0.3 is 4.42 Å². The van der Waals surface area contributed by atoms with Gasteiger partial charge in [0, 0.05) is 12.5 Å². The van der Waals surface area contributed by atoms with E-state index in [0.29, 0.717) is 17.3 Å². The molecule has 3 aromatic rings. The quantitative estimate of drug-likeness (QED) is 0.672. The molecule has 0 saturated heterocycles. The summed E-state index contributed by atoms with van der Waals surface area (Å²) in [6, 6.07) is 12.2. The minimum atomic E-state index is -0.299. The summed E-state index contributed by atoms with van der Waals surface area (Å²) in [7, 11) is 0. The van der Waals surface area contributed by atoms with Crippen molar-refractivity contribution >= 4 is 12.2 Å². The van der Waals surface area contributed by atoms with Crippen LogP contribution >= 0.6 is 0 Å². The molecule has 0 atom stereocenters. The number of nitrogens with zero attached hydrogens (tertiary/aromatic N) is 1. The number of hydrogen-bond donors (Lipinski definition) is 0. The zero-order valence-electron chi connectivity index (χ0n) is 11.9. The van der Waals surface area contributed by atoms with Crippen LogP contribution in [-0.2, 0) is 0 Å². The molecular formula is C18H13F2NO. The first-order valence-corrected chi connectivity index (χ1v) is 6.79. The first kappa shape index (κ1) is 14.2. The average Bonchev–Trinajstić information content (AvgIpc) is 2.88. The van der Waals surface area contributed by atoms with E-state index in [4.69, 9.17) is 4.42 Å². The average molecular weight is 297 g/mol. The monoisotopic (exact) mass is 297 g/mol. The maximum atomic E-state index is 13.0. The van der Waals surface area contributed by atoms with Gasteiger partial charge in [-0.25, -0.2) is 13.8 Å². The molecule has 110 valence electrons. The molecule has 0 fully saturated rings. The van der Waals surface area contributed by atoms with Crippen molar-refractivity contribution in [1.82, 2.24) is 4.98 Å². The number of rotatable bonds is 3. The molecule has 0 aliphatic rings. The van der Waals surface area contributed by atoms with Crippen LogP contribution in [0.1, 0.15) is 17.2 Å². The Morgan fingerprint density at radius 2 is 1.45 bits per heavy atom. The maximum Gasteiger partial charge on any atom is 0.192 e. The predicted octanol–water partition coefficient (Wildman–Crippen LogP) is 5.10. The standard InChI is InChI=1S/C18H13F2NO/c1-12-21-18(14-5-9-16(20)10-6-14)17(22-12)11-4-13-2-7-15(19)8-3-13/h2-11H,1H3/b11-4+. The maximum absolute atomic E-state index is 13.0. The van der Waals surface area contributed by atoms with Gasteiger partial charge in [0.05, 0.1) is 0 Å². The van der Waals surface area contributed by atoms with Crippen LogP contribution < -0.4 is 0 Å². The Labute approximate surface area is 126 Å². The highest BCUT2D eigenvalue weighted by atomic mass is 19.1. The van der Waals surface area contributed by atoms with Crippen LogP contribution in [0.15, 0.2) is 52.9 Å². The Kier molecular flexibility index (Phi) is 3.83. The molecule has 3 rings (SSSR count). The van der Waals surface area contributed by atoms with Gasteiger partial charge in [-0.2, -0.15) is 0 Å². The molecule has 0 aliphatic heterocycles. The third-order valence-electron chi connectivity index (χ3n) is 3.18. The van der Waals surface area contributed by atoms with Gasteiger partial charge in [-0.05, 0) is 48.0 Å². The topological polar surface area (TPSA) is 26.0 Å². The highest BCUT2D eigenvalue weighted by Crippen LogP contribution is 2.26. The summed E-state index contributed by atoms with van der Waals surface area (Å²) in [6.45, 7) is 1.75. The van der Waals surface area contributed by atoms with Crippen LogP contribution in [0.2, 0.25) is 0 Å². The first-order valence-electron chi connectivity index (χ1n) is 6.79. The smallest absolute Gasteiger partial charge is 0.192 e. The molecule has 1 aromatic heterocycles. The van der Waals surface area contributed by atoms with E-state index in [9.17, 15) is 8.78 Å². The highest BCUT2D eigenvalue weighted by Gasteiger charge is 2.10. The molecule has 0 spiro atoms. The van der Waals surface area contributed by atoms with Crippen LogP contribution in [0, 0.1) is 18.6 Å². The Morgan fingerprint density at radius 1 is 0.864 bits per heavy atom. The summed E-state index contributed by atoms with van der Waals surface area (Å²) >= 11 is 0. The lowest BCUT2D eigenvalue weighted by molar-refractivity contribution is 0.513. The van der Waals surface area contributed by atoms with Crippen LogP contribution in [-0.4, -0.2) is 4.98 Å². The second kappa shape index (κ2) is 5.93. The molecule has 4 heteroatoms. The fourth-order valence-electron chi connectivity index (χ4n) is 2.12. The molecule has 1 heterocycles. The largest absolute Gasteiger partial charge is 0.441 e. The van der Waals surface area contributed by atoms with Crippen molar-refractivity contribution in [3.63, 3.8) is 0 Å². The van der Waals surface area contributed by atoms with E-state index in [1.165, 1.54) is 24.3 Å². The van der Waals surface area contributed by atoms with Crippen LogP contribution in [0.3, 0.4) is 0 Å². The SMILES string of the molecule is Cc1nc(-c2ccc(F)cc2)c(/C=C/c2ccc(F)cc2)o1. The Hall–Kier alpha value is -2.75. The van der Waals surface area contributed by atoms with Crippen molar-refractivity contribution in [2.75, 3.05) is 0 Å². The normalized spacial score (nSPS) is 11.2. The van der Waals surface area contributed by atoms with E-state index in [1.807, 2.05) is 6.08 Å². The third-order valence-corrected chi connectivity index (χ3v) is 3.18. The van der Waals surface area contributed by atoms with Gasteiger partial charge in [0.25, 0.3) is 0 Å². The molecular weight excluding hydrogens is 284 g/mol. The van der Waals surface area contributed by atoms with Gasteiger partial charge in [-0.15, -0.1) is 0 Å². The van der Waals surface area contributed by atoms with Crippen molar-refractivity contribution in [3.05, 3.63) is 77.4 Å². The molecule has 0 N–H and O–H groups in total. The highest BCUT2D eigenvalue weighted by molar-refractivity contribution is 5.76. The van der Waals surface area contributed by atoms with Gasteiger partial charge in [0.15, 0.2) is 11.7 Å². The van der Waals surface area contributed by atoms with Crippen LogP contribution in [0.4, 0.5) is 8.78 Å². The van der Waals surface area contributed by atoms with E-state index in [0.717, 1.165) is 11.1 Å². The third kappa shape index (κ3) is 3.11. The summed E-state index contributed by atoms with van der Waals surface area (Å²) in [5, 5.41) is 0. The first-order chi connectivity index (χ1) is 10.6. The van der Waals surface area contributed by atoms with Crippen molar-refractivity contribution in [3.8, 4) is 11.3 Å². The number of hydrogen-bond acceptors (Lipinski definition) is 2. The molecule has 22 heavy (non-hydrogen) atoms. The van der Waals surface area contributed by atoms with E-state index in [2.05, 4.69) is 4.98 Å². The zero-order chi connectivity index (χ0) is 15.5. The molecule has 2 nitrogen and oxygen atoms in total. The Morgan fingerprint density at radius 3 is 2.09 bits per heavy atom. The van der Waals surface area contributed by atoms with Crippen LogP contribution in [0.5, 0.6) is 0 Å². The molecule has 0 bridgehead atoms. The lowest BCUT2D eigenvalue weighted by Crippen LogP contribution is -1.82. The lowest BCUT2D eigenvalue weighted by Gasteiger charge is -1.98. The van der Waals surface area contributed by atoms with Crippen molar-refractivity contribution in [1.29, 1.82) is 0 Å². The number of aromatic nitrogens is 1. The molecule has 0 amide bonds. The predicted molar refractivity (Wildman–Crippen MR) is 82.0 cm³/mol. The van der Waals surface area contributed by atoms with Gasteiger partial charge in [-0.1, -0.05) is 18.2 Å². The van der Waals surface area contributed by atoms with Gasteiger partial charge >= 0.3 is 0 Å². The molecule has 0 saturated carbocycles. The number of aryl methyl sites for hydroxylation is 1. The molecule has 0 radical (unpaired) electrons. The minimum Gasteiger partial charge on any atom is -0.441 e. The second-order valence-corrected chi connectivity index (χ2v) is 4.84. The van der Waals surface area contributed by atoms with Gasteiger partial charge in [0.1, 0.15) is 17.3 Å².